The zero-order chi connectivity index (χ0) is 33.3. The Kier molecular flexibility index (Phi) is 11.3. The summed E-state index contributed by atoms with van der Waals surface area (Å²) in [4.78, 5) is 44.6. The Labute approximate surface area is 290 Å². The monoisotopic (exact) mass is 702 g/mol. The van der Waals surface area contributed by atoms with Crippen LogP contribution in [0.2, 0.25) is 10.0 Å². The Hall–Kier alpha value is -4.61. The van der Waals surface area contributed by atoms with Crippen molar-refractivity contribution in [2.75, 3.05) is 17.7 Å². The molecule has 0 saturated carbocycles. The number of carbonyl (C=O) groups excluding carboxylic acids is 3. The molecule has 0 saturated heterocycles. The smallest absolute Gasteiger partial charge is 0.272 e. The molecule has 0 aliphatic rings. The van der Waals surface area contributed by atoms with Crippen molar-refractivity contribution in [3.05, 3.63) is 129 Å². The molecule has 5 rings (SSSR count). The second-order valence-corrected chi connectivity index (χ2v) is 13.2. The summed E-state index contributed by atoms with van der Waals surface area (Å²) in [5, 5.41) is 11.1. The first kappa shape index (κ1) is 33.7. The molecular weight excluding hydrogens is 675 g/mol. The summed E-state index contributed by atoms with van der Waals surface area (Å²) >= 11 is 15.1. The fourth-order valence-electron chi connectivity index (χ4n) is 4.24. The molecule has 47 heavy (non-hydrogen) atoms. The lowest BCUT2D eigenvalue weighted by Gasteiger charge is -2.13. The van der Waals surface area contributed by atoms with Crippen LogP contribution in [0, 0.1) is 0 Å². The molecule has 0 aliphatic carbocycles. The highest BCUT2D eigenvalue weighted by Gasteiger charge is 2.18. The van der Waals surface area contributed by atoms with Crippen LogP contribution < -0.4 is 20.7 Å². The lowest BCUT2D eigenvalue weighted by Crippen LogP contribution is -2.30. The minimum absolute atomic E-state index is 0.0106. The van der Waals surface area contributed by atoms with Crippen molar-refractivity contribution in [1.29, 1.82) is 0 Å². The number of hydrogen-bond donors (Lipinski definition) is 3. The number of aromatic nitrogens is 1. The van der Waals surface area contributed by atoms with Gasteiger partial charge in [0.1, 0.15) is 11.4 Å². The summed E-state index contributed by atoms with van der Waals surface area (Å²) in [6, 6.07) is 28.0. The van der Waals surface area contributed by atoms with E-state index < -0.39 is 17.1 Å². The molecule has 1 heterocycles. The lowest BCUT2D eigenvalue weighted by atomic mass is 10.1. The van der Waals surface area contributed by atoms with Crippen LogP contribution in [-0.2, 0) is 9.59 Å². The number of thioether (sulfide) groups is 1. The van der Waals surface area contributed by atoms with Gasteiger partial charge >= 0.3 is 0 Å². The number of hydrogen-bond acceptors (Lipinski definition) is 7. The largest absolute Gasteiger partial charge is 0.497 e. The van der Waals surface area contributed by atoms with Gasteiger partial charge in [-0.25, -0.2) is 4.98 Å². The van der Waals surface area contributed by atoms with Crippen LogP contribution in [0.4, 0.5) is 10.8 Å². The second-order valence-electron chi connectivity index (χ2n) is 10.0. The van der Waals surface area contributed by atoms with E-state index >= 15 is 0 Å². The van der Waals surface area contributed by atoms with Crippen LogP contribution in [0.25, 0.3) is 17.3 Å². The van der Waals surface area contributed by atoms with E-state index in [0.717, 1.165) is 21.9 Å². The number of amides is 3. The van der Waals surface area contributed by atoms with Crippen LogP contribution in [0.5, 0.6) is 5.75 Å². The van der Waals surface area contributed by atoms with E-state index in [4.69, 9.17) is 27.9 Å². The number of halogens is 2. The number of ether oxygens (including phenoxy) is 1. The number of carbonyl (C=O) groups is 3. The van der Waals surface area contributed by atoms with Crippen LogP contribution in [0.15, 0.2) is 113 Å². The minimum Gasteiger partial charge on any atom is -0.497 e. The SMILES string of the molecule is COc1cccc(-c2csc(NC(=O)C(C)Sc3ccc(NC(=O)/C(=C/c4ccc(Cl)cc4Cl)NC(=O)c4ccccc4)cc3)n2)c1. The zero-order valence-electron chi connectivity index (χ0n) is 25.1. The molecule has 12 heteroatoms. The average Bonchev–Trinajstić information content (AvgIpc) is 3.55. The molecule has 1 aromatic heterocycles. The third-order valence-corrected chi connectivity index (χ3v) is 9.12. The maximum atomic E-state index is 13.4. The van der Waals surface area contributed by atoms with E-state index in [-0.39, 0.29) is 11.6 Å². The van der Waals surface area contributed by atoms with Crippen LogP contribution >= 0.6 is 46.3 Å². The molecule has 8 nitrogen and oxygen atoms in total. The molecule has 5 aromatic rings. The van der Waals surface area contributed by atoms with E-state index in [1.54, 1.807) is 86.8 Å². The average molecular weight is 704 g/mol. The molecule has 3 N–H and O–H groups in total. The van der Waals surface area contributed by atoms with Crippen molar-refractivity contribution in [2.24, 2.45) is 0 Å². The molecule has 0 radical (unpaired) electrons. The third kappa shape index (κ3) is 9.24. The van der Waals surface area contributed by atoms with Crippen molar-refractivity contribution >= 4 is 80.9 Å². The quantitative estimate of drug-likeness (QED) is 0.0939. The zero-order valence-corrected chi connectivity index (χ0v) is 28.3. The first-order valence-corrected chi connectivity index (χ1v) is 16.7. The number of thiazole rings is 1. The highest BCUT2D eigenvalue weighted by molar-refractivity contribution is 8.00. The van der Waals surface area contributed by atoms with Gasteiger partial charge in [-0.3, -0.25) is 14.4 Å². The summed E-state index contributed by atoms with van der Waals surface area (Å²) < 4.78 is 5.29. The van der Waals surface area contributed by atoms with Gasteiger partial charge in [0.15, 0.2) is 5.13 Å². The molecule has 1 unspecified atom stereocenters. The number of nitrogens with one attached hydrogen (secondary N) is 3. The van der Waals surface area contributed by atoms with E-state index in [1.165, 1.54) is 29.2 Å². The molecule has 1 atom stereocenters. The first-order chi connectivity index (χ1) is 22.7. The standard InChI is InChI=1S/C35H28Cl2N4O4S2/c1-21(32(42)41-35-40-31(20-46-35)24-9-6-10-27(17-24)45-2)47-28-15-13-26(14-16-28)38-34(44)30(18-23-11-12-25(36)19-29(23)37)39-33(43)22-7-4-3-5-8-22/h3-21H,1-2H3,(H,38,44)(H,39,43)(H,40,41,42)/b30-18-. The molecule has 4 aromatic carbocycles. The summed E-state index contributed by atoms with van der Waals surface area (Å²) in [6.45, 7) is 1.81. The van der Waals surface area contributed by atoms with Gasteiger partial charge in [0, 0.05) is 37.1 Å². The maximum absolute atomic E-state index is 13.4. The predicted molar refractivity (Wildman–Crippen MR) is 191 cm³/mol. The van der Waals surface area contributed by atoms with E-state index in [0.29, 0.717) is 32.0 Å². The summed E-state index contributed by atoms with van der Waals surface area (Å²) in [6.07, 6.45) is 1.49. The highest BCUT2D eigenvalue weighted by Crippen LogP contribution is 2.30. The minimum atomic E-state index is -0.551. The Morgan fingerprint density at radius 1 is 0.915 bits per heavy atom. The molecule has 3 amide bonds. The fourth-order valence-corrected chi connectivity index (χ4v) is 6.30. The third-order valence-electron chi connectivity index (χ3n) is 6.69. The fraction of sp³-hybridized carbons (Fsp3) is 0.0857. The number of nitrogens with zero attached hydrogens (tertiary/aromatic N) is 1. The first-order valence-electron chi connectivity index (χ1n) is 14.2. The Bertz CT molecular complexity index is 1930. The lowest BCUT2D eigenvalue weighted by molar-refractivity contribution is -0.115. The Morgan fingerprint density at radius 3 is 2.40 bits per heavy atom. The van der Waals surface area contributed by atoms with Gasteiger partial charge in [0.05, 0.1) is 18.1 Å². The van der Waals surface area contributed by atoms with Gasteiger partial charge in [-0.2, -0.15) is 0 Å². The van der Waals surface area contributed by atoms with Crippen molar-refractivity contribution < 1.29 is 19.1 Å². The predicted octanol–water partition coefficient (Wildman–Crippen LogP) is 8.65. The van der Waals surface area contributed by atoms with Gasteiger partial charge in [0.25, 0.3) is 11.8 Å². The molecule has 0 bridgehead atoms. The Balaban J connectivity index is 1.22. The number of benzene rings is 4. The Morgan fingerprint density at radius 2 is 1.68 bits per heavy atom. The number of anilines is 2. The van der Waals surface area contributed by atoms with E-state index in [9.17, 15) is 14.4 Å². The maximum Gasteiger partial charge on any atom is 0.272 e. The normalized spacial score (nSPS) is 11.8. The van der Waals surface area contributed by atoms with E-state index in [1.807, 2.05) is 29.6 Å². The van der Waals surface area contributed by atoms with Crippen molar-refractivity contribution in [1.82, 2.24) is 10.3 Å². The van der Waals surface area contributed by atoms with Gasteiger partial charge in [-0.05, 0) is 79.2 Å². The van der Waals surface area contributed by atoms with Gasteiger partial charge < -0.3 is 20.7 Å². The molecular formula is C35H28Cl2N4O4S2. The summed E-state index contributed by atoms with van der Waals surface area (Å²) in [5.41, 5.74) is 3.01. The second kappa shape index (κ2) is 15.8. The molecule has 238 valence electrons. The topological polar surface area (TPSA) is 109 Å². The molecule has 0 spiro atoms. The van der Waals surface area contributed by atoms with Crippen LogP contribution in [-0.4, -0.2) is 35.1 Å². The van der Waals surface area contributed by atoms with Crippen molar-refractivity contribution in [3.63, 3.8) is 0 Å². The number of methoxy groups -OCH3 is 1. The van der Waals surface area contributed by atoms with Crippen molar-refractivity contribution in [2.45, 2.75) is 17.1 Å². The van der Waals surface area contributed by atoms with Gasteiger partial charge in [-0.1, -0.05) is 59.6 Å². The summed E-state index contributed by atoms with van der Waals surface area (Å²) in [7, 11) is 1.61. The highest BCUT2D eigenvalue weighted by atomic mass is 35.5. The van der Waals surface area contributed by atoms with Crippen molar-refractivity contribution in [3.8, 4) is 17.0 Å². The van der Waals surface area contributed by atoms with E-state index in [2.05, 4.69) is 20.9 Å². The number of rotatable bonds is 11. The van der Waals surface area contributed by atoms with Gasteiger partial charge in [-0.15, -0.1) is 23.1 Å². The molecule has 0 fully saturated rings. The summed E-state index contributed by atoms with van der Waals surface area (Å²) in [5.74, 6) is -0.467. The van der Waals surface area contributed by atoms with Gasteiger partial charge in [0.2, 0.25) is 5.91 Å². The molecule has 0 aliphatic heterocycles. The van der Waals surface area contributed by atoms with Crippen LogP contribution in [0.1, 0.15) is 22.8 Å². The van der Waals surface area contributed by atoms with Crippen LogP contribution in [0.3, 0.4) is 0 Å².